The molecule has 0 radical (unpaired) electrons. The molecular weight excluding hydrogens is 558 g/mol. The van der Waals surface area contributed by atoms with E-state index in [0.29, 0.717) is 24.4 Å². The van der Waals surface area contributed by atoms with E-state index in [0.717, 1.165) is 47.9 Å². The first kappa shape index (κ1) is 31.1. The van der Waals surface area contributed by atoms with Gasteiger partial charge in [-0.15, -0.1) is 10.2 Å². The van der Waals surface area contributed by atoms with E-state index < -0.39 is 17.2 Å². The summed E-state index contributed by atoms with van der Waals surface area (Å²) in [5.74, 6) is 0.682. The number of nitrogens with one attached hydrogen (secondary N) is 2. The van der Waals surface area contributed by atoms with Crippen molar-refractivity contribution in [2.75, 3.05) is 12.4 Å². The van der Waals surface area contributed by atoms with Crippen molar-refractivity contribution in [2.24, 2.45) is 5.92 Å². The lowest BCUT2D eigenvalue weighted by Gasteiger charge is -2.51. The summed E-state index contributed by atoms with van der Waals surface area (Å²) < 4.78 is 0. The van der Waals surface area contributed by atoms with Crippen LogP contribution in [0.5, 0.6) is 0 Å². The predicted octanol–water partition coefficient (Wildman–Crippen LogP) is 5.57. The molecule has 0 unspecified atom stereocenters. The Kier molecular flexibility index (Phi) is 9.01. The van der Waals surface area contributed by atoms with E-state index in [2.05, 4.69) is 20.8 Å². The molecule has 3 amide bonds. The fraction of sp³-hybridized carbons (Fsp3) is 0.441. The molecule has 2 fully saturated rings. The Balaban J connectivity index is 1.31. The molecule has 2 aliphatic carbocycles. The van der Waals surface area contributed by atoms with Crippen molar-refractivity contribution in [2.45, 2.75) is 82.4 Å². The van der Waals surface area contributed by atoms with Gasteiger partial charge in [0.15, 0.2) is 5.82 Å². The number of benzene rings is 2. The van der Waals surface area contributed by atoms with Crippen molar-refractivity contribution < 1.29 is 24.6 Å². The smallest absolute Gasteiger partial charge is 0.405 e. The lowest BCUT2D eigenvalue weighted by Crippen LogP contribution is -2.61. The van der Waals surface area contributed by atoms with Crippen LogP contribution >= 0.6 is 0 Å². The van der Waals surface area contributed by atoms with Gasteiger partial charge in [0.25, 0.3) is 0 Å². The zero-order valence-corrected chi connectivity index (χ0v) is 25.5. The third-order valence-electron chi connectivity index (χ3n) is 9.10. The van der Waals surface area contributed by atoms with Crippen LogP contribution in [-0.2, 0) is 15.1 Å². The topological polar surface area (TPSA) is 145 Å². The van der Waals surface area contributed by atoms with Gasteiger partial charge in [-0.1, -0.05) is 61.5 Å². The molecule has 10 nitrogen and oxygen atoms in total. The van der Waals surface area contributed by atoms with Crippen molar-refractivity contribution in [3.8, 4) is 22.4 Å². The quantitative estimate of drug-likeness (QED) is 0.251. The number of amides is 3. The van der Waals surface area contributed by atoms with E-state index in [1.54, 1.807) is 6.92 Å². The van der Waals surface area contributed by atoms with Gasteiger partial charge in [-0.25, -0.2) is 4.79 Å². The van der Waals surface area contributed by atoms with E-state index in [9.17, 15) is 24.6 Å². The average Bonchev–Trinajstić information content (AvgIpc) is 3.00. The predicted molar refractivity (Wildman–Crippen MR) is 168 cm³/mol. The second-order valence-corrected chi connectivity index (χ2v) is 12.6. The van der Waals surface area contributed by atoms with E-state index in [1.807, 2.05) is 79.5 Å². The van der Waals surface area contributed by atoms with Crippen LogP contribution in [0, 0.1) is 5.92 Å². The summed E-state index contributed by atoms with van der Waals surface area (Å²) in [4.78, 5) is 38.5. The van der Waals surface area contributed by atoms with Gasteiger partial charge in [0.05, 0.1) is 11.1 Å². The van der Waals surface area contributed by atoms with E-state index >= 15 is 0 Å². The van der Waals surface area contributed by atoms with Crippen LogP contribution in [0.4, 0.5) is 10.6 Å². The van der Waals surface area contributed by atoms with Gasteiger partial charge in [0.1, 0.15) is 5.69 Å². The van der Waals surface area contributed by atoms with Crippen molar-refractivity contribution in [1.82, 2.24) is 20.4 Å². The Morgan fingerprint density at radius 2 is 1.61 bits per heavy atom. The number of aromatic nitrogens is 2. The monoisotopic (exact) mass is 599 g/mol. The normalized spacial score (nSPS) is 24.5. The van der Waals surface area contributed by atoms with Gasteiger partial charge in [0.2, 0.25) is 11.8 Å². The van der Waals surface area contributed by atoms with Crippen LogP contribution in [-0.4, -0.2) is 61.9 Å². The van der Waals surface area contributed by atoms with Crippen molar-refractivity contribution >= 4 is 23.7 Å². The number of hydrogen-bond donors (Lipinski definition) is 4. The lowest BCUT2D eigenvalue weighted by molar-refractivity contribution is -0.132. The van der Waals surface area contributed by atoms with Gasteiger partial charge < -0.3 is 25.7 Å². The van der Waals surface area contributed by atoms with Gasteiger partial charge >= 0.3 is 6.09 Å². The SMILES string of the molecule is CCC(=O)N(C)[C@H]1CC[C@H](CC(=O)Nc2cc(-c3ccccc3)c(-c3ccc([C@]4(NC(=O)O)C[C@@](C)(O)C4)cc3)nn2)CC1. The summed E-state index contributed by atoms with van der Waals surface area (Å²) in [5.41, 5.74) is 2.13. The number of nitrogens with zero attached hydrogens (tertiary/aromatic N) is 3. The van der Waals surface area contributed by atoms with Crippen LogP contribution in [0.1, 0.15) is 70.8 Å². The summed E-state index contributed by atoms with van der Waals surface area (Å²) in [6, 6.07) is 19.3. The molecule has 0 saturated heterocycles. The van der Waals surface area contributed by atoms with Gasteiger partial charge in [-0.3, -0.25) is 9.59 Å². The number of carboxylic acid groups (broad SMARTS) is 1. The minimum absolute atomic E-state index is 0.107. The minimum Gasteiger partial charge on any atom is -0.465 e. The fourth-order valence-electron chi connectivity index (χ4n) is 6.91. The average molecular weight is 600 g/mol. The largest absolute Gasteiger partial charge is 0.465 e. The highest BCUT2D eigenvalue weighted by Crippen LogP contribution is 2.48. The van der Waals surface area contributed by atoms with Gasteiger partial charge in [-0.05, 0) is 55.7 Å². The van der Waals surface area contributed by atoms with Crippen LogP contribution < -0.4 is 10.6 Å². The minimum atomic E-state index is -1.14. The second kappa shape index (κ2) is 12.7. The molecule has 0 atom stereocenters. The number of anilines is 1. The molecule has 4 N–H and O–H groups in total. The molecular formula is C34H41N5O5. The first-order valence-corrected chi connectivity index (χ1v) is 15.3. The number of carbonyl (C=O) groups is 3. The molecule has 1 aromatic heterocycles. The maximum Gasteiger partial charge on any atom is 0.405 e. The van der Waals surface area contributed by atoms with E-state index in [1.165, 1.54) is 0 Å². The maximum absolute atomic E-state index is 13.0. The van der Waals surface area contributed by atoms with Crippen molar-refractivity contribution in [3.05, 3.63) is 66.2 Å². The maximum atomic E-state index is 13.0. The summed E-state index contributed by atoms with van der Waals surface area (Å²) in [6.07, 6.45) is 3.93. The third kappa shape index (κ3) is 6.91. The molecule has 0 spiro atoms. The van der Waals surface area contributed by atoms with Crippen LogP contribution in [0.15, 0.2) is 60.7 Å². The summed E-state index contributed by atoms with van der Waals surface area (Å²) in [6.45, 7) is 3.58. The highest BCUT2D eigenvalue weighted by atomic mass is 16.4. The summed E-state index contributed by atoms with van der Waals surface area (Å²) in [7, 11) is 1.87. The van der Waals surface area contributed by atoms with Crippen molar-refractivity contribution in [1.29, 1.82) is 0 Å². The lowest BCUT2D eigenvalue weighted by atomic mass is 9.62. The molecule has 0 bridgehead atoms. The number of aliphatic hydroxyl groups is 1. The van der Waals surface area contributed by atoms with Crippen LogP contribution in [0.3, 0.4) is 0 Å². The number of hydrogen-bond acceptors (Lipinski definition) is 6. The van der Waals surface area contributed by atoms with E-state index in [4.69, 9.17) is 0 Å². The molecule has 232 valence electrons. The summed E-state index contributed by atoms with van der Waals surface area (Å²) in [5, 5.41) is 34.2. The molecule has 2 aliphatic rings. The summed E-state index contributed by atoms with van der Waals surface area (Å²) >= 11 is 0. The Morgan fingerprint density at radius 1 is 0.955 bits per heavy atom. The molecule has 10 heteroatoms. The highest BCUT2D eigenvalue weighted by molar-refractivity contribution is 5.91. The Bertz CT molecular complexity index is 1490. The second-order valence-electron chi connectivity index (χ2n) is 12.6. The Morgan fingerprint density at radius 3 is 2.20 bits per heavy atom. The van der Waals surface area contributed by atoms with Crippen LogP contribution in [0.25, 0.3) is 22.4 Å². The Hall–Kier alpha value is -4.31. The molecule has 0 aliphatic heterocycles. The molecule has 3 aromatic rings. The Labute approximate surface area is 257 Å². The highest BCUT2D eigenvalue weighted by Gasteiger charge is 2.53. The number of rotatable bonds is 9. The third-order valence-corrected chi connectivity index (χ3v) is 9.10. The van der Waals surface area contributed by atoms with E-state index in [-0.39, 0.29) is 36.6 Å². The van der Waals surface area contributed by atoms with Crippen LogP contribution in [0.2, 0.25) is 0 Å². The molecule has 5 rings (SSSR count). The zero-order chi connectivity index (χ0) is 31.5. The zero-order valence-electron chi connectivity index (χ0n) is 25.5. The first-order chi connectivity index (χ1) is 21.0. The first-order valence-electron chi connectivity index (χ1n) is 15.3. The molecule has 2 aromatic carbocycles. The standard InChI is InChI=1S/C34H41N5O5/c1-4-30(41)39(3)26-16-10-22(11-17-26)18-29(40)35-28-19-27(23-8-6-5-7-9-23)31(38-37-28)24-12-14-25(15-13-24)34(36-32(42)43)20-33(2,44)21-34/h5-9,12-15,19,22,26,36,44H,4,10-11,16-18,20-21H2,1-3H3,(H,42,43)(H,35,37,40)/t22-,26-,33-,34+. The molecule has 1 heterocycles. The van der Waals surface area contributed by atoms with Gasteiger partial charge in [0, 0.05) is 49.9 Å². The van der Waals surface area contributed by atoms with Crippen molar-refractivity contribution in [3.63, 3.8) is 0 Å². The van der Waals surface area contributed by atoms with Gasteiger partial charge in [-0.2, -0.15) is 0 Å². The number of carbonyl (C=O) groups excluding carboxylic acids is 2. The molecule has 2 saturated carbocycles. The fourth-order valence-corrected chi connectivity index (χ4v) is 6.91. The molecule has 44 heavy (non-hydrogen) atoms.